The van der Waals surface area contributed by atoms with Crippen molar-refractivity contribution in [3.8, 4) is 5.75 Å². The van der Waals surface area contributed by atoms with Crippen molar-refractivity contribution in [2.75, 3.05) is 6.61 Å². The maximum atomic E-state index is 12.6. The molecule has 0 amide bonds. The molecule has 0 N–H and O–H groups in total. The van der Waals surface area contributed by atoms with Crippen LogP contribution in [0.25, 0.3) is 5.65 Å². The molecule has 23 heavy (non-hydrogen) atoms. The minimum atomic E-state index is -0.249. The summed E-state index contributed by atoms with van der Waals surface area (Å²) in [5, 5.41) is 8.72. The summed E-state index contributed by atoms with van der Waals surface area (Å²) in [6.45, 7) is 4.42. The van der Waals surface area contributed by atoms with Crippen molar-refractivity contribution < 1.29 is 9.53 Å². The standard InChI is InChI=1S/C17H17N3O2S/c1-3-22-14-9-7-13(8-10-14)16(21)12(2)23-17-19-18-15-6-4-5-11-20(15)17/h4-12H,3H2,1-2H3/t12-/m0/s1. The van der Waals surface area contributed by atoms with Gasteiger partial charge in [-0.15, -0.1) is 10.2 Å². The number of Topliss-reactive ketones (excluding diaryl/α,β-unsaturated/α-hetero) is 1. The van der Waals surface area contributed by atoms with Gasteiger partial charge < -0.3 is 4.74 Å². The zero-order chi connectivity index (χ0) is 16.2. The maximum Gasteiger partial charge on any atom is 0.196 e. The molecule has 2 heterocycles. The van der Waals surface area contributed by atoms with E-state index in [0.29, 0.717) is 17.3 Å². The Balaban J connectivity index is 1.74. The molecular weight excluding hydrogens is 310 g/mol. The molecule has 0 spiro atoms. The molecule has 0 bridgehead atoms. The highest BCUT2D eigenvalue weighted by Gasteiger charge is 2.19. The SMILES string of the molecule is CCOc1ccc(C(=O)[C@H](C)Sc2nnc3ccccn23)cc1. The van der Waals surface area contributed by atoms with Crippen molar-refractivity contribution in [3.05, 3.63) is 54.2 Å². The van der Waals surface area contributed by atoms with Gasteiger partial charge in [0.25, 0.3) is 0 Å². The van der Waals surface area contributed by atoms with E-state index in [2.05, 4.69) is 10.2 Å². The summed E-state index contributed by atoms with van der Waals surface area (Å²) < 4.78 is 7.28. The molecule has 3 aromatic rings. The molecule has 0 aliphatic rings. The number of aromatic nitrogens is 3. The van der Waals surface area contributed by atoms with Gasteiger partial charge in [-0.3, -0.25) is 9.20 Å². The third-order valence-electron chi connectivity index (χ3n) is 3.38. The summed E-state index contributed by atoms with van der Waals surface area (Å²) >= 11 is 1.41. The fraction of sp³-hybridized carbons (Fsp3) is 0.235. The predicted molar refractivity (Wildman–Crippen MR) is 90.2 cm³/mol. The summed E-state index contributed by atoms with van der Waals surface area (Å²) in [5.74, 6) is 0.832. The van der Waals surface area contributed by atoms with E-state index in [1.54, 1.807) is 12.1 Å². The number of carbonyl (C=O) groups is 1. The Morgan fingerprint density at radius 1 is 1.22 bits per heavy atom. The number of hydrogen-bond donors (Lipinski definition) is 0. The number of pyridine rings is 1. The molecule has 0 radical (unpaired) electrons. The second-order valence-electron chi connectivity index (χ2n) is 4.99. The highest BCUT2D eigenvalue weighted by atomic mass is 32.2. The smallest absolute Gasteiger partial charge is 0.196 e. The molecule has 118 valence electrons. The molecule has 0 unspecified atom stereocenters. The van der Waals surface area contributed by atoms with Gasteiger partial charge in [0.2, 0.25) is 0 Å². The topological polar surface area (TPSA) is 56.5 Å². The summed E-state index contributed by atoms with van der Waals surface area (Å²) in [5.41, 5.74) is 1.44. The number of nitrogens with zero attached hydrogens (tertiary/aromatic N) is 3. The zero-order valence-electron chi connectivity index (χ0n) is 13.0. The lowest BCUT2D eigenvalue weighted by molar-refractivity contribution is 0.0994. The van der Waals surface area contributed by atoms with E-state index in [0.717, 1.165) is 11.4 Å². The number of hydrogen-bond acceptors (Lipinski definition) is 5. The van der Waals surface area contributed by atoms with Crippen LogP contribution >= 0.6 is 11.8 Å². The lowest BCUT2D eigenvalue weighted by atomic mass is 10.1. The summed E-state index contributed by atoms with van der Waals surface area (Å²) in [6, 6.07) is 12.9. The highest BCUT2D eigenvalue weighted by molar-refractivity contribution is 8.00. The second-order valence-corrected chi connectivity index (χ2v) is 6.30. The number of benzene rings is 1. The van der Waals surface area contributed by atoms with E-state index in [1.165, 1.54) is 11.8 Å². The Morgan fingerprint density at radius 2 is 2.00 bits per heavy atom. The average Bonchev–Trinajstić information content (AvgIpc) is 2.98. The first kappa shape index (κ1) is 15.6. The number of ketones is 1. The van der Waals surface area contributed by atoms with Gasteiger partial charge in [0.15, 0.2) is 16.6 Å². The van der Waals surface area contributed by atoms with Gasteiger partial charge in [0.05, 0.1) is 11.9 Å². The third-order valence-corrected chi connectivity index (χ3v) is 4.44. The molecule has 1 atom stereocenters. The highest BCUT2D eigenvalue weighted by Crippen LogP contribution is 2.25. The van der Waals surface area contributed by atoms with Gasteiger partial charge in [-0.25, -0.2) is 0 Å². The maximum absolute atomic E-state index is 12.6. The molecule has 0 saturated heterocycles. The summed E-state index contributed by atoms with van der Waals surface area (Å²) in [4.78, 5) is 12.6. The van der Waals surface area contributed by atoms with Crippen LogP contribution in [0.4, 0.5) is 0 Å². The van der Waals surface area contributed by atoms with Crippen LogP contribution in [-0.4, -0.2) is 32.2 Å². The number of ether oxygens (including phenoxy) is 1. The molecule has 5 nitrogen and oxygen atoms in total. The first-order valence-corrected chi connectivity index (χ1v) is 8.30. The fourth-order valence-electron chi connectivity index (χ4n) is 2.23. The van der Waals surface area contributed by atoms with Crippen molar-refractivity contribution in [2.24, 2.45) is 0 Å². The lowest BCUT2D eigenvalue weighted by Crippen LogP contribution is -2.14. The van der Waals surface area contributed by atoms with E-state index in [4.69, 9.17) is 4.74 Å². The number of fused-ring (bicyclic) bond motifs is 1. The minimum absolute atomic E-state index is 0.0609. The molecule has 3 rings (SSSR count). The lowest BCUT2D eigenvalue weighted by Gasteiger charge is -2.10. The van der Waals surface area contributed by atoms with E-state index in [1.807, 2.05) is 54.8 Å². The number of rotatable bonds is 6. The van der Waals surface area contributed by atoms with Gasteiger partial charge in [-0.1, -0.05) is 17.8 Å². The summed E-state index contributed by atoms with van der Waals surface area (Å²) in [6.07, 6.45) is 1.89. The van der Waals surface area contributed by atoms with Crippen molar-refractivity contribution in [1.82, 2.24) is 14.6 Å². The van der Waals surface area contributed by atoms with Crippen LogP contribution in [0, 0.1) is 0 Å². The predicted octanol–water partition coefficient (Wildman–Crippen LogP) is 3.49. The molecular formula is C17H17N3O2S. The normalized spacial score (nSPS) is 12.3. The van der Waals surface area contributed by atoms with Crippen LogP contribution in [0.2, 0.25) is 0 Å². The van der Waals surface area contributed by atoms with Gasteiger partial charge >= 0.3 is 0 Å². The van der Waals surface area contributed by atoms with Crippen LogP contribution in [0.5, 0.6) is 5.75 Å². The minimum Gasteiger partial charge on any atom is -0.494 e. The van der Waals surface area contributed by atoms with E-state index in [-0.39, 0.29) is 11.0 Å². The molecule has 0 aliphatic heterocycles. The number of carbonyl (C=O) groups excluding carboxylic acids is 1. The van der Waals surface area contributed by atoms with Gasteiger partial charge in [0, 0.05) is 11.8 Å². The van der Waals surface area contributed by atoms with Gasteiger partial charge in [0.1, 0.15) is 5.75 Å². The van der Waals surface area contributed by atoms with Crippen LogP contribution in [-0.2, 0) is 0 Å². The monoisotopic (exact) mass is 327 g/mol. The van der Waals surface area contributed by atoms with Gasteiger partial charge in [-0.05, 0) is 50.2 Å². The molecule has 6 heteroatoms. The summed E-state index contributed by atoms with van der Waals surface area (Å²) in [7, 11) is 0. The Morgan fingerprint density at radius 3 is 2.74 bits per heavy atom. The Kier molecular flexibility index (Phi) is 4.62. The van der Waals surface area contributed by atoms with Crippen LogP contribution < -0.4 is 4.74 Å². The van der Waals surface area contributed by atoms with Crippen molar-refractivity contribution in [2.45, 2.75) is 24.3 Å². The Bertz CT molecular complexity index is 814. The van der Waals surface area contributed by atoms with Gasteiger partial charge in [-0.2, -0.15) is 0 Å². The van der Waals surface area contributed by atoms with Crippen LogP contribution in [0.15, 0.2) is 53.8 Å². The third kappa shape index (κ3) is 3.37. The quantitative estimate of drug-likeness (QED) is 0.512. The van der Waals surface area contributed by atoms with Crippen molar-refractivity contribution >= 4 is 23.2 Å². The molecule has 1 aromatic carbocycles. The fourth-order valence-corrected chi connectivity index (χ4v) is 3.14. The molecule has 0 saturated carbocycles. The van der Waals surface area contributed by atoms with E-state index < -0.39 is 0 Å². The average molecular weight is 327 g/mol. The van der Waals surface area contributed by atoms with E-state index >= 15 is 0 Å². The Hall–Kier alpha value is -2.34. The van der Waals surface area contributed by atoms with Crippen LogP contribution in [0.1, 0.15) is 24.2 Å². The first-order chi connectivity index (χ1) is 11.2. The largest absolute Gasteiger partial charge is 0.494 e. The molecule has 0 aliphatic carbocycles. The van der Waals surface area contributed by atoms with Crippen molar-refractivity contribution in [3.63, 3.8) is 0 Å². The number of thioether (sulfide) groups is 1. The van der Waals surface area contributed by atoms with Crippen LogP contribution in [0.3, 0.4) is 0 Å². The zero-order valence-corrected chi connectivity index (χ0v) is 13.8. The molecule has 2 aromatic heterocycles. The van der Waals surface area contributed by atoms with E-state index in [9.17, 15) is 4.79 Å². The molecule has 0 fully saturated rings. The Labute approximate surface area is 138 Å². The second kappa shape index (κ2) is 6.83. The first-order valence-electron chi connectivity index (χ1n) is 7.42. The van der Waals surface area contributed by atoms with Crippen molar-refractivity contribution in [1.29, 1.82) is 0 Å².